The first-order valence-corrected chi connectivity index (χ1v) is 10.9. The molecule has 2 aliphatic rings. The van der Waals surface area contributed by atoms with E-state index in [1.165, 1.54) is 0 Å². The van der Waals surface area contributed by atoms with Crippen molar-refractivity contribution in [3.8, 4) is 11.1 Å². The van der Waals surface area contributed by atoms with E-state index >= 15 is 0 Å². The maximum atomic E-state index is 12.6. The second kappa shape index (κ2) is 9.72. The number of carbonyl (C=O) groups excluding carboxylic acids is 3. The fourth-order valence-electron chi connectivity index (χ4n) is 4.69. The van der Waals surface area contributed by atoms with Crippen LogP contribution in [0.4, 0.5) is 4.79 Å². The Bertz CT molecular complexity index is 1040. The van der Waals surface area contributed by atoms with E-state index in [1.54, 1.807) is 0 Å². The van der Waals surface area contributed by atoms with E-state index in [0.717, 1.165) is 35.1 Å². The third-order valence-corrected chi connectivity index (χ3v) is 6.24. The average molecular weight is 451 g/mol. The summed E-state index contributed by atoms with van der Waals surface area (Å²) in [5.41, 5.74) is 8.98. The van der Waals surface area contributed by atoms with Crippen LogP contribution in [0.5, 0.6) is 0 Å². The molecule has 172 valence electrons. The minimum Gasteiger partial charge on any atom is -0.474 e. The van der Waals surface area contributed by atoms with E-state index < -0.39 is 35.8 Å². The highest BCUT2D eigenvalue weighted by atomic mass is 16.6. The number of nitrogens with one attached hydrogen (secondary N) is 3. The lowest BCUT2D eigenvalue weighted by Crippen LogP contribution is -2.53. The maximum absolute atomic E-state index is 12.6. The summed E-state index contributed by atoms with van der Waals surface area (Å²) in [6.45, 7) is 0.108. The van der Waals surface area contributed by atoms with E-state index in [0.29, 0.717) is 12.8 Å². The number of carbonyl (C=O) groups is 4. The van der Waals surface area contributed by atoms with Gasteiger partial charge in [-0.1, -0.05) is 61.4 Å². The maximum Gasteiger partial charge on any atom is 0.426 e. The van der Waals surface area contributed by atoms with E-state index in [4.69, 9.17) is 9.84 Å². The Kier molecular flexibility index (Phi) is 6.58. The van der Waals surface area contributed by atoms with Gasteiger partial charge in [-0.25, -0.2) is 15.0 Å². The lowest BCUT2D eigenvalue weighted by atomic mass is 9.84. The number of rotatable bonds is 4. The number of hydrazine groups is 1. The number of hydrogen-bond donors (Lipinski definition) is 4. The van der Waals surface area contributed by atoms with Crippen LogP contribution in [-0.2, 0) is 19.1 Å². The summed E-state index contributed by atoms with van der Waals surface area (Å²) in [7, 11) is 0. The molecular formula is C24H25N3O6. The predicted molar refractivity (Wildman–Crippen MR) is 118 cm³/mol. The molecule has 1 fully saturated rings. The molecule has 0 spiro atoms. The van der Waals surface area contributed by atoms with Crippen LogP contribution in [0.3, 0.4) is 0 Å². The molecule has 0 aromatic heterocycles. The van der Waals surface area contributed by atoms with Crippen molar-refractivity contribution in [2.75, 3.05) is 6.61 Å². The van der Waals surface area contributed by atoms with Crippen LogP contribution in [0.15, 0.2) is 48.5 Å². The first-order valence-electron chi connectivity index (χ1n) is 10.9. The minimum absolute atomic E-state index is 0.104. The molecule has 0 bridgehead atoms. The molecule has 2 aliphatic carbocycles. The number of amides is 3. The SMILES string of the molecule is O=C(NNC(=O)C1CCCCC1NC(=O)C(=O)O)OCC1c2ccccc2-c2ccccc21. The molecule has 2 aromatic carbocycles. The van der Waals surface area contributed by atoms with E-state index in [1.807, 2.05) is 48.5 Å². The van der Waals surface area contributed by atoms with Gasteiger partial charge in [0.2, 0.25) is 5.91 Å². The van der Waals surface area contributed by atoms with Crippen LogP contribution in [0.2, 0.25) is 0 Å². The molecule has 0 heterocycles. The zero-order valence-corrected chi connectivity index (χ0v) is 17.9. The molecule has 4 N–H and O–H groups in total. The van der Waals surface area contributed by atoms with Crippen LogP contribution in [0.1, 0.15) is 42.7 Å². The molecule has 2 atom stereocenters. The normalized spacial score (nSPS) is 19.0. The number of ether oxygens (including phenoxy) is 1. The highest BCUT2D eigenvalue weighted by molar-refractivity contribution is 6.31. The minimum atomic E-state index is -1.60. The molecule has 2 aromatic rings. The highest BCUT2D eigenvalue weighted by Gasteiger charge is 2.34. The monoisotopic (exact) mass is 451 g/mol. The van der Waals surface area contributed by atoms with Crippen LogP contribution < -0.4 is 16.2 Å². The summed E-state index contributed by atoms with van der Waals surface area (Å²) >= 11 is 0. The lowest BCUT2D eigenvalue weighted by molar-refractivity contribution is -0.151. The Hall–Kier alpha value is -3.88. The summed E-state index contributed by atoms with van der Waals surface area (Å²) in [5.74, 6) is -4.00. The van der Waals surface area contributed by atoms with Gasteiger partial charge in [0.15, 0.2) is 0 Å². The van der Waals surface area contributed by atoms with Gasteiger partial charge < -0.3 is 15.2 Å². The second-order valence-electron chi connectivity index (χ2n) is 8.22. The summed E-state index contributed by atoms with van der Waals surface area (Å²) in [5, 5.41) is 11.2. The molecule has 1 saturated carbocycles. The van der Waals surface area contributed by atoms with Crippen molar-refractivity contribution in [2.24, 2.45) is 5.92 Å². The molecule has 0 aliphatic heterocycles. The van der Waals surface area contributed by atoms with Gasteiger partial charge in [-0.2, -0.15) is 0 Å². The first-order chi connectivity index (χ1) is 16.0. The van der Waals surface area contributed by atoms with Gasteiger partial charge in [0.05, 0.1) is 5.92 Å². The number of aliphatic carboxylic acids is 1. The molecule has 33 heavy (non-hydrogen) atoms. The fraction of sp³-hybridized carbons (Fsp3) is 0.333. The molecule has 9 nitrogen and oxygen atoms in total. The molecule has 0 saturated heterocycles. The molecule has 4 rings (SSSR count). The number of benzene rings is 2. The van der Waals surface area contributed by atoms with Crippen molar-refractivity contribution in [2.45, 2.75) is 37.6 Å². The van der Waals surface area contributed by atoms with Crippen molar-refractivity contribution < 1.29 is 29.0 Å². The van der Waals surface area contributed by atoms with Crippen LogP contribution in [0, 0.1) is 5.92 Å². The standard InChI is InChI=1S/C24H25N3O6/c28-21(18-11-5-6-12-20(18)25-22(29)23(30)31)26-27-24(32)33-13-19-16-9-3-1-7-14(16)15-8-2-4-10-17(15)19/h1-4,7-10,18-20H,5-6,11-13H2,(H,25,29)(H,26,28)(H,27,32)(H,30,31). The molecule has 9 heteroatoms. The Labute approximate surface area is 190 Å². The van der Waals surface area contributed by atoms with Gasteiger partial charge in [0.1, 0.15) is 6.61 Å². The largest absolute Gasteiger partial charge is 0.474 e. The Balaban J connectivity index is 1.32. The van der Waals surface area contributed by atoms with Gasteiger partial charge in [-0.05, 0) is 35.1 Å². The quantitative estimate of drug-likeness (QED) is 0.416. The Morgan fingerprint density at radius 2 is 1.48 bits per heavy atom. The third-order valence-electron chi connectivity index (χ3n) is 6.24. The fourth-order valence-corrected chi connectivity index (χ4v) is 4.69. The van der Waals surface area contributed by atoms with E-state index in [2.05, 4.69) is 16.2 Å². The second-order valence-corrected chi connectivity index (χ2v) is 8.22. The van der Waals surface area contributed by atoms with Crippen molar-refractivity contribution in [1.29, 1.82) is 0 Å². The van der Waals surface area contributed by atoms with Crippen LogP contribution >= 0.6 is 0 Å². The van der Waals surface area contributed by atoms with Gasteiger partial charge in [-0.15, -0.1) is 0 Å². The summed E-state index contributed by atoms with van der Waals surface area (Å²) in [4.78, 5) is 47.1. The van der Waals surface area contributed by atoms with Crippen molar-refractivity contribution in [3.05, 3.63) is 59.7 Å². The molecule has 2 unspecified atom stereocenters. The zero-order chi connectivity index (χ0) is 23.4. The number of fused-ring (bicyclic) bond motifs is 3. The predicted octanol–water partition coefficient (Wildman–Crippen LogP) is 2.32. The number of carboxylic acids is 1. The topological polar surface area (TPSA) is 134 Å². The third kappa shape index (κ3) is 4.82. The van der Waals surface area contributed by atoms with Gasteiger partial charge in [0, 0.05) is 12.0 Å². The smallest absolute Gasteiger partial charge is 0.426 e. The van der Waals surface area contributed by atoms with E-state index in [-0.39, 0.29) is 12.5 Å². The highest BCUT2D eigenvalue weighted by Crippen LogP contribution is 2.44. The van der Waals surface area contributed by atoms with Crippen molar-refractivity contribution in [3.63, 3.8) is 0 Å². The van der Waals surface area contributed by atoms with Crippen molar-refractivity contribution in [1.82, 2.24) is 16.2 Å². The summed E-state index contributed by atoms with van der Waals surface area (Å²) in [6, 6.07) is 15.3. The summed E-state index contributed by atoms with van der Waals surface area (Å²) in [6.07, 6.45) is 1.70. The van der Waals surface area contributed by atoms with Gasteiger partial charge in [0.25, 0.3) is 0 Å². The molecule has 0 radical (unpaired) electrons. The van der Waals surface area contributed by atoms with Crippen molar-refractivity contribution >= 4 is 23.9 Å². The lowest BCUT2D eigenvalue weighted by Gasteiger charge is -2.30. The van der Waals surface area contributed by atoms with Crippen LogP contribution in [0.25, 0.3) is 11.1 Å². The summed E-state index contributed by atoms with van der Waals surface area (Å²) < 4.78 is 5.39. The van der Waals surface area contributed by atoms with Crippen LogP contribution in [-0.4, -0.2) is 41.6 Å². The Morgan fingerprint density at radius 3 is 2.12 bits per heavy atom. The van der Waals surface area contributed by atoms with Gasteiger partial charge in [-0.3, -0.25) is 15.0 Å². The molecule has 3 amide bonds. The Morgan fingerprint density at radius 1 is 0.879 bits per heavy atom. The number of hydrogen-bond acceptors (Lipinski definition) is 5. The van der Waals surface area contributed by atoms with E-state index in [9.17, 15) is 19.2 Å². The molecular weight excluding hydrogens is 426 g/mol. The van der Waals surface area contributed by atoms with Gasteiger partial charge >= 0.3 is 18.0 Å². The first kappa shape index (κ1) is 22.3. The average Bonchev–Trinajstić information content (AvgIpc) is 3.15. The zero-order valence-electron chi connectivity index (χ0n) is 17.9. The number of carboxylic acid groups (broad SMARTS) is 1.